The van der Waals surface area contributed by atoms with Crippen LogP contribution < -0.4 is 15.5 Å². The lowest BCUT2D eigenvalue weighted by atomic mass is 10.1. The van der Waals surface area contributed by atoms with Crippen LogP contribution in [0.15, 0.2) is 88.5 Å². The molecule has 0 aromatic heterocycles. The third-order valence-corrected chi connectivity index (χ3v) is 9.23. The molecule has 0 bridgehead atoms. The van der Waals surface area contributed by atoms with Gasteiger partial charge in [-0.1, -0.05) is 54.1 Å². The van der Waals surface area contributed by atoms with Crippen molar-refractivity contribution in [1.29, 1.82) is 0 Å². The number of hydrogen-bond donors (Lipinski definition) is 3. The highest BCUT2D eigenvalue weighted by Gasteiger charge is 2.42. The van der Waals surface area contributed by atoms with Crippen LogP contribution in [0.4, 0.5) is 10.1 Å². The summed E-state index contributed by atoms with van der Waals surface area (Å²) in [6.45, 7) is 9.51. The van der Waals surface area contributed by atoms with Crippen molar-refractivity contribution in [3.63, 3.8) is 0 Å². The van der Waals surface area contributed by atoms with Crippen molar-refractivity contribution < 1.29 is 23.3 Å². The number of halogens is 3. The predicted octanol–water partition coefficient (Wildman–Crippen LogP) is 5.38. The van der Waals surface area contributed by atoms with Gasteiger partial charge in [0.15, 0.2) is 0 Å². The summed E-state index contributed by atoms with van der Waals surface area (Å²) in [6.07, 6.45) is 13.2. The van der Waals surface area contributed by atoms with E-state index in [1.165, 1.54) is 28.9 Å². The first-order valence-corrected chi connectivity index (χ1v) is 17.7. The van der Waals surface area contributed by atoms with Gasteiger partial charge >= 0.3 is 0 Å². The number of likely N-dealkylation sites (N-methyl/N-ethyl adjacent to an activating group) is 1. The number of carbonyl (C=O) groups excluding carboxylic acids is 2. The van der Waals surface area contributed by atoms with E-state index in [1.807, 2.05) is 6.08 Å². The Balaban J connectivity index is 1.79. The van der Waals surface area contributed by atoms with E-state index in [1.54, 1.807) is 79.5 Å². The molecule has 2 heterocycles. The maximum Gasteiger partial charge on any atom is 0.263 e. The molecule has 0 aliphatic carbocycles. The van der Waals surface area contributed by atoms with Gasteiger partial charge in [-0.05, 0) is 76.3 Å². The van der Waals surface area contributed by atoms with Gasteiger partial charge in [-0.2, -0.15) is 4.39 Å². The predicted molar refractivity (Wildman–Crippen MR) is 197 cm³/mol. The molecule has 4 unspecified atom stereocenters. The summed E-state index contributed by atoms with van der Waals surface area (Å²) in [5, 5.41) is 17.3. The standard InChI is InChI=1S/C34H44Cl2FN7O4S/c1-6-24(14-16-40-32(37)38-7-2)11-8-9-12-29-31(46)44(27-22-25(35)21-26(36)23-27)33(42(29)5)41-18-20-49(48)43-19-10-13-28(43)30(45)39-17-15-34(3,4)47/h6-9,11,14,16,18,20-23,28-29,32,40,47H,1,10,12-13,15,17,19H2,2-5H3,(H,39,45)/b9-8+,16-14+,20-18+,24-11+,38-7-,41-33?. The quantitative estimate of drug-likeness (QED) is 0.119. The molecule has 4 atom stereocenters. The van der Waals surface area contributed by atoms with Gasteiger partial charge in [-0.15, -0.1) is 0 Å². The van der Waals surface area contributed by atoms with Crippen LogP contribution in [-0.2, 0) is 20.6 Å². The Labute approximate surface area is 300 Å². The maximum absolute atomic E-state index is 13.8. The van der Waals surface area contributed by atoms with Gasteiger partial charge in [0.05, 0.1) is 11.3 Å². The summed E-state index contributed by atoms with van der Waals surface area (Å²) in [7, 11) is 0.0577. The van der Waals surface area contributed by atoms with Crippen LogP contribution in [0.3, 0.4) is 0 Å². The summed E-state index contributed by atoms with van der Waals surface area (Å²) in [5.74, 6) is -0.249. The summed E-state index contributed by atoms with van der Waals surface area (Å²) in [5.41, 5.74) is 0.210. The highest BCUT2D eigenvalue weighted by Crippen LogP contribution is 2.31. The fourth-order valence-electron chi connectivity index (χ4n) is 5.06. The summed E-state index contributed by atoms with van der Waals surface area (Å²) >= 11 is 12.6. The second kappa shape index (κ2) is 19.0. The number of carbonyl (C=O) groups is 2. The average molecular weight is 737 g/mol. The first-order chi connectivity index (χ1) is 23.2. The van der Waals surface area contributed by atoms with E-state index >= 15 is 0 Å². The van der Waals surface area contributed by atoms with Gasteiger partial charge in [-0.3, -0.25) is 9.59 Å². The first-order valence-electron chi connectivity index (χ1n) is 15.7. The number of benzene rings is 1. The summed E-state index contributed by atoms with van der Waals surface area (Å²) in [4.78, 5) is 37.8. The van der Waals surface area contributed by atoms with E-state index in [4.69, 9.17) is 23.2 Å². The van der Waals surface area contributed by atoms with E-state index in [-0.39, 0.29) is 17.8 Å². The monoisotopic (exact) mass is 735 g/mol. The molecule has 2 aliphatic rings. The van der Waals surface area contributed by atoms with E-state index in [0.717, 1.165) is 0 Å². The van der Waals surface area contributed by atoms with Crippen LogP contribution >= 0.6 is 23.2 Å². The lowest BCUT2D eigenvalue weighted by Crippen LogP contribution is -2.44. The molecular weight excluding hydrogens is 692 g/mol. The van der Waals surface area contributed by atoms with Gasteiger partial charge in [-0.25, -0.2) is 23.4 Å². The van der Waals surface area contributed by atoms with Crippen molar-refractivity contribution in [3.05, 3.63) is 88.6 Å². The normalized spacial score (nSPS) is 21.7. The van der Waals surface area contributed by atoms with Gasteiger partial charge < -0.3 is 20.6 Å². The number of anilines is 1. The molecule has 266 valence electrons. The third kappa shape index (κ3) is 12.0. The molecule has 2 aliphatic heterocycles. The Morgan fingerprint density at radius 3 is 2.65 bits per heavy atom. The smallest absolute Gasteiger partial charge is 0.263 e. The van der Waals surface area contributed by atoms with Gasteiger partial charge in [0.1, 0.15) is 23.1 Å². The number of nitrogens with one attached hydrogen (secondary N) is 2. The molecule has 11 nitrogen and oxygen atoms in total. The van der Waals surface area contributed by atoms with Crippen molar-refractivity contribution in [1.82, 2.24) is 19.8 Å². The lowest BCUT2D eigenvalue weighted by Gasteiger charge is -2.22. The molecule has 0 saturated carbocycles. The fourth-order valence-corrected chi connectivity index (χ4v) is 6.66. The van der Waals surface area contributed by atoms with Crippen LogP contribution in [0.1, 0.15) is 46.5 Å². The number of allylic oxidation sites excluding steroid dienone is 5. The van der Waals surface area contributed by atoms with Crippen LogP contribution in [0, 0.1) is 0 Å². The molecule has 3 rings (SSSR count). The van der Waals surface area contributed by atoms with Crippen molar-refractivity contribution in [2.24, 2.45) is 9.98 Å². The summed E-state index contributed by atoms with van der Waals surface area (Å²) in [6, 6.07) is 3.55. The van der Waals surface area contributed by atoms with E-state index in [9.17, 15) is 23.3 Å². The zero-order valence-electron chi connectivity index (χ0n) is 28.1. The first kappa shape index (κ1) is 39.8. The van der Waals surface area contributed by atoms with Crippen LogP contribution in [0.5, 0.6) is 0 Å². The molecule has 2 fully saturated rings. The fraction of sp³-hybridized carbons (Fsp3) is 0.412. The lowest BCUT2D eigenvalue weighted by molar-refractivity contribution is -0.124. The van der Waals surface area contributed by atoms with Crippen LogP contribution in [-0.4, -0.2) is 86.8 Å². The highest BCUT2D eigenvalue weighted by atomic mass is 35.5. The van der Waals surface area contributed by atoms with Crippen molar-refractivity contribution in [2.45, 2.75) is 70.6 Å². The molecule has 2 saturated heterocycles. The zero-order valence-corrected chi connectivity index (χ0v) is 30.4. The molecular formula is C34H44Cl2FN7O4S. The number of hydrogen-bond acceptors (Lipinski definition) is 7. The number of aliphatic hydroxyl groups is 1. The molecule has 1 aromatic carbocycles. The summed E-state index contributed by atoms with van der Waals surface area (Å²) < 4.78 is 28.4. The maximum atomic E-state index is 13.8. The molecule has 0 radical (unpaired) electrons. The number of amides is 2. The molecule has 0 spiro atoms. The van der Waals surface area contributed by atoms with E-state index < -0.39 is 35.1 Å². The largest absolute Gasteiger partial charge is 0.390 e. The SMILES string of the molecule is C=CC(/C=C/NC(F)/N=C\C)=C\C=C\CC1C(=O)N(c2cc(Cl)cc(Cl)c2)C(=N/C=C/S(=O)N2CCCC2C(=O)NCCC(C)(C)O)N1C. The van der Waals surface area contributed by atoms with E-state index in [0.29, 0.717) is 60.1 Å². The van der Waals surface area contributed by atoms with Crippen molar-refractivity contribution >= 4 is 63.9 Å². The Morgan fingerprint density at radius 2 is 2.00 bits per heavy atom. The second-order valence-electron chi connectivity index (χ2n) is 11.8. The Kier molecular flexibility index (Phi) is 15.4. The van der Waals surface area contributed by atoms with Crippen molar-refractivity contribution in [3.8, 4) is 0 Å². The minimum absolute atomic E-state index is 0.242. The third-order valence-electron chi connectivity index (χ3n) is 7.54. The van der Waals surface area contributed by atoms with Crippen LogP contribution in [0.25, 0.3) is 0 Å². The minimum atomic E-state index is -1.67. The number of guanidine groups is 1. The highest BCUT2D eigenvalue weighted by molar-refractivity contribution is 7.85. The molecule has 2 amide bonds. The van der Waals surface area contributed by atoms with Crippen molar-refractivity contribution in [2.75, 3.05) is 25.0 Å². The Morgan fingerprint density at radius 1 is 1.29 bits per heavy atom. The van der Waals surface area contributed by atoms with Crippen LogP contribution in [0.2, 0.25) is 10.0 Å². The van der Waals surface area contributed by atoms with E-state index in [2.05, 4.69) is 27.2 Å². The molecule has 3 N–H and O–H groups in total. The molecule has 15 heteroatoms. The molecule has 49 heavy (non-hydrogen) atoms. The average Bonchev–Trinajstić information content (AvgIpc) is 3.60. The number of alkyl halides is 1. The minimum Gasteiger partial charge on any atom is -0.390 e. The Bertz CT molecular complexity index is 1540. The van der Waals surface area contributed by atoms with Gasteiger partial charge in [0, 0.05) is 54.2 Å². The number of rotatable bonds is 16. The zero-order chi connectivity index (χ0) is 36.1. The Hall–Kier alpha value is -3.62. The topological polar surface area (TPSA) is 130 Å². The second-order valence-corrected chi connectivity index (χ2v) is 14.0. The molecule has 1 aromatic rings. The van der Waals surface area contributed by atoms with Gasteiger partial charge in [0.25, 0.3) is 12.3 Å². The number of aliphatic imine (C=N–C) groups is 2. The van der Waals surface area contributed by atoms with Gasteiger partial charge in [0.2, 0.25) is 11.9 Å². The number of nitrogens with zero attached hydrogens (tertiary/aromatic N) is 5.